The second-order valence-corrected chi connectivity index (χ2v) is 4.56. The van der Waals surface area contributed by atoms with Gasteiger partial charge < -0.3 is 5.32 Å². The molecule has 0 saturated heterocycles. The summed E-state index contributed by atoms with van der Waals surface area (Å²) in [6.45, 7) is 1.85. The van der Waals surface area contributed by atoms with Crippen LogP contribution >= 0.6 is 11.3 Å². The SMILES string of the molecule is CC(Nc1nncs1)c1ccc(C(F)(F)F)cc1. The minimum atomic E-state index is -4.30. The molecular weight excluding hydrogens is 263 g/mol. The lowest BCUT2D eigenvalue weighted by atomic mass is 10.1. The van der Waals surface area contributed by atoms with Crippen LogP contribution in [-0.4, -0.2) is 10.2 Å². The van der Waals surface area contributed by atoms with E-state index in [1.54, 1.807) is 5.51 Å². The van der Waals surface area contributed by atoms with Gasteiger partial charge in [-0.25, -0.2) is 0 Å². The smallest absolute Gasteiger partial charge is 0.354 e. The fourth-order valence-corrected chi connectivity index (χ4v) is 2.00. The van der Waals surface area contributed by atoms with Gasteiger partial charge in [0.25, 0.3) is 0 Å². The van der Waals surface area contributed by atoms with E-state index >= 15 is 0 Å². The molecule has 0 aliphatic rings. The van der Waals surface area contributed by atoms with Crippen LogP contribution in [0, 0.1) is 0 Å². The van der Waals surface area contributed by atoms with Gasteiger partial charge in [-0.15, -0.1) is 10.2 Å². The van der Waals surface area contributed by atoms with Crippen LogP contribution in [-0.2, 0) is 6.18 Å². The molecule has 0 aliphatic heterocycles. The van der Waals surface area contributed by atoms with Gasteiger partial charge in [-0.05, 0) is 24.6 Å². The molecule has 1 N–H and O–H groups in total. The van der Waals surface area contributed by atoms with E-state index in [4.69, 9.17) is 0 Å². The zero-order chi connectivity index (χ0) is 13.2. The highest BCUT2D eigenvalue weighted by Crippen LogP contribution is 2.30. The number of nitrogens with zero attached hydrogens (tertiary/aromatic N) is 2. The molecule has 1 atom stereocenters. The molecule has 18 heavy (non-hydrogen) atoms. The van der Waals surface area contributed by atoms with Crippen LogP contribution in [0.4, 0.5) is 18.3 Å². The van der Waals surface area contributed by atoms with E-state index < -0.39 is 11.7 Å². The third kappa shape index (κ3) is 2.98. The number of anilines is 1. The molecule has 0 fully saturated rings. The summed E-state index contributed by atoms with van der Waals surface area (Å²) in [6.07, 6.45) is -4.30. The fourth-order valence-electron chi connectivity index (χ4n) is 1.47. The second-order valence-electron chi connectivity index (χ2n) is 3.73. The molecule has 0 saturated carbocycles. The van der Waals surface area contributed by atoms with Crippen molar-refractivity contribution in [2.24, 2.45) is 0 Å². The standard InChI is InChI=1S/C11H10F3N3S/c1-7(16-10-17-15-6-18-10)8-2-4-9(5-3-8)11(12,13)14/h2-7H,1H3,(H,16,17). The third-order valence-electron chi connectivity index (χ3n) is 2.44. The van der Waals surface area contributed by atoms with Crippen molar-refractivity contribution < 1.29 is 13.2 Å². The normalized spacial score (nSPS) is 13.3. The summed E-state index contributed by atoms with van der Waals surface area (Å²) in [7, 11) is 0. The van der Waals surface area contributed by atoms with Crippen LogP contribution in [0.15, 0.2) is 29.8 Å². The highest BCUT2D eigenvalue weighted by atomic mass is 32.1. The Hall–Kier alpha value is -1.63. The number of benzene rings is 1. The Morgan fingerprint density at radius 3 is 2.39 bits per heavy atom. The predicted octanol–water partition coefficient (Wildman–Crippen LogP) is 3.73. The summed E-state index contributed by atoms with van der Waals surface area (Å²) in [5.74, 6) is 0. The Bertz CT molecular complexity index is 493. The molecule has 96 valence electrons. The molecule has 2 aromatic rings. The first kappa shape index (κ1) is 12.8. The van der Waals surface area contributed by atoms with Gasteiger partial charge in [0.1, 0.15) is 5.51 Å². The van der Waals surface area contributed by atoms with Crippen molar-refractivity contribution in [2.75, 3.05) is 5.32 Å². The lowest BCUT2D eigenvalue weighted by Crippen LogP contribution is -2.08. The third-order valence-corrected chi connectivity index (χ3v) is 3.06. The van der Waals surface area contributed by atoms with Crippen molar-refractivity contribution in [3.63, 3.8) is 0 Å². The average Bonchev–Trinajstić information content (AvgIpc) is 2.81. The second kappa shape index (κ2) is 4.93. The summed E-state index contributed by atoms with van der Waals surface area (Å²) in [4.78, 5) is 0. The molecule has 0 aliphatic carbocycles. The predicted molar refractivity (Wildman–Crippen MR) is 63.4 cm³/mol. The van der Waals surface area contributed by atoms with Crippen molar-refractivity contribution >= 4 is 16.5 Å². The Morgan fingerprint density at radius 2 is 1.89 bits per heavy atom. The summed E-state index contributed by atoms with van der Waals surface area (Å²) < 4.78 is 37.2. The van der Waals surface area contributed by atoms with Gasteiger partial charge in [-0.2, -0.15) is 13.2 Å². The minimum Gasteiger partial charge on any atom is -0.354 e. The Labute approximate surface area is 106 Å². The summed E-state index contributed by atoms with van der Waals surface area (Å²) in [5, 5.41) is 11.2. The highest BCUT2D eigenvalue weighted by molar-refractivity contribution is 7.13. The van der Waals surface area contributed by atoms with Gasteiger partial charge in [0.05, 0.1) is 11.6 Å². The van der Waals surface area contributed by atoms with Crippen LogP contribution in [0.1, 0.15) is 24.1 Å². The van der Waals surface area contributed by atoms with E-state index in [1.807, 2.05) is 6.92 Å². The number of hydrogen-bond acceptors (Lipinski definition) is 4. The molecule has 1 aromatic heterocycles. The molecule has 1 aromatic carbocycles. The average molecular weight is 273 g/mol. The number of alkyl halides is 3. The molecule has 0 amide bonds. The van der Waals surface area contributed by atoms with Crippen molar-refractivity contribution in [3.8, 4) is 0 Å². The quantitative estimate of drug-likeness (QED) is 0.926. The lowest BCUT2D eigenvalue weighted by Gasteiger charge is -2.14. The van der Waals surface area contributed by atoms with E-state index in [2.05, 4.69) is 15.5 Å². The molecule has 0 spiro atoms. The maximum absolute atomic E-state index is 12.4. The van der Waals surface area contributed by atoms with Crippen LogP contribution in [0.5, 0.6) is 0 Å². The zero-order valence-electron chi connectivity index (χ0n) is 9.40. The van der Waals surface area contributed by atoms with Crippen molar-refractivity contribution in [1.82, 2.24) is 10.2 Å². The molecule has 0 bridgehead atoms. The molecule has 1 unspecified atom stereocenters. The van der Waals surface area contributed by atoms with Crippen LogP contribution in [0.3, 0.4) is 0 Å². The van der Waals surface area contributed by atoms with E-state index in [0.29, 0.717) is 5.13 Å². The van der Waals surface area contributed by atoms with E-state index in [0.717, 1.165) is 17.7 Å². The largest absolute Gasteiger partial charge is 0.416 e. The fraction of sp³-hybridized carbons (Fsp3) is 0.273. The maximum Gasteiger partial charge on any atom is 0.416 e. The Balaban J connectivity index is 2.10. The number of aromatic nitrogens is 2. The molecule has 0 radical (unpaired) electrons. The van der Waals surface area contributed by atoms with Crippen LogP contribution in [0.25, 0.3) is 0 Å². The number of halogens is 3. The van der Waals surface area contributed by atoms with Crippen LogP contribution < -0.4 is 5.32 Å². The van der Waals surface area contributed by atoms with Crippen molar-refractivity contribution in [3.05, 3.63) is 40.9 Å². The molecule has 3 nitrogen and oxygen atoms in total. The number of rotatable bonds is 3. The van der Waals surface area contributed by atoms with Gasteiger partial charge in [0.15, 0.2) is 0 Å². The number of nitrogens with one attached hydrogen (secondary N) is 1. The van der Waals surface area contributed by atoms with Crippen molar-refractivity contribution in [2.45, 2.75) is 19.1 Å². The summed E-state index contributed by atoms with van der Waals surface area (Å²) >= 11 is 1.34. The van der Waals surface area contributed by atoms with E-state index in [9.17, 15) is 13.2 Å². The lowest BCUT2D eigenvalue weighted by molar-refractivity contribution is -0.137. The van der Waals surface area contributed by atoms with Gasteiger partial charge in [0, 0.05) is 0 Å². The molecule has 7 heteroatoms. The van der Waals surface area contributed by atoms with Crippen molar-refractivity contribution in [1.29, 1.82) is 0 Å². The highest BCUT2D eigenvalue weighted by Gasteiger charge is 2.30. The first-order chi connectivity index (χ1) is 8.47. The molecule has 2 rings (SSSR count). The monoisotopic (exact) mass is 273 g/mol. The first-order valence-corrected chi connectivity index (χ1v) is 6.04. The maximum atomic E-state index is 12.4. The van der Waals surface area contributed by atoms with E-state index in [-0.39, 0.29) is 6.04 Å². The van der Waals surface area contributed by atoms with Crippen LogP contribution in [0.2, 0.25) is 0 Å². The Morgan fingerprint density at radius 1 is 1.22 bits per heavy atom. The van der Waals surface area contributed by atoms with Gasteiger partial charge in [-0.3, -0.25) is 0 Å². The minimum absolute atomic E-state index is 0.125. The molecule has 1 heterocycles. The zero-order valence-corrected chi connectivity index (χ0v) is 10.2. The summed E-state index contributed by atoms with van der Waals surface area (Å²) in [6, 6.07) is 4.95. The van der Waals surface area contributed by atoms with Gasteiger partial charge in [0.2, 0.25) is 5.13 Å². The Kier molecular flexibility index (Phi) is 3.51. The van der Waals surface area contributed by atoms with Gasteiger partial charge >= 0.3 is 6.18 Å². The molecular formula is C11H10F3N3S. The topological polar surface area (TPSA) is 37.8 Å². The van der Waals surface area contributed by atoms with Gasteiger partial charge in [-0.1, -0.05) is 23.5 Å². The first-order valence-electron chi connectivity index (χ1n) is 5.16. The summed E-state index contributed by atoms with van der Waals surface area (Å²) in [5.41, 5.74) is 1.70. The van der Waals surface area contributed by atoms with E-state index in [1.165, 1.54) is 23.5 Å². The number of hydrogen-bond donors (Lipinski definition) is 1.